The van der Waals surface area contributed by atoms with Crippen molar-refractivity contribution in [2.75, 3.05) is 18.6 Å². The van der Waals surface area contributed by atoms with E-state index in [1.165, 1.54) is 18.2 Å². The summed E-state index contributed by atoms with van der Waals surface area (Å²) in [5, 5.41) is 0. The quantitative estimate of drug-likeness (QED) is 0.766. The number of hydrogen-bond acceptors (Lipinski definition) is 3. The number of nitrogens with zero attached hydrogens (tertiary/aromatic N) is 1. The number of esters is 1. The smallest absolute Gasteiger partial charge is 0.306 e. The van der Waals surface area contributed by atoms with Crippen molar-refractivity contribution in [1.82, 2.24) is 0 Å². The molecule has 0 N–H and O–H groups in total. The molecule has 2 rings (SSSR count). The Labute approximate surface area is 107 Å². The first kappa shape index (κ1) is 12.6. The number of benzene rings is 1. The van der Waals surface area contributed by atoms with Crippen molar-refractivity contribution in [3.63, 3.8) is 0 Å². The number of anilines is 1. The largest absolute Gasteiger partial charge is 0.469 e. The van der Waals surface area contributed by atoms with E-state index >= 15 is 0 Å². The van der Waals surface area contributed by atoms with E-state index in [-0.39, 0.29) is 24.7 Å². The summed E-state index contributed by atoms with van der Waals surface area (Å²) in [5.41, 5.74) is 3.40. The molecule has 96 valence electrons. The topological polar surface area (TPSA) is 46.6 Å². The van der Waals surface area contributed by atoms with E-state index in [1.807, 2.05) is 19.1 Å². The summed E-state index contributed by atoms with van der Waals surface area (Å²) in [7, 11) is 1.33. The molecule has 1 aromatic rings. The highest BCUT2D eigenvalue weighted by molar-refractivity contribution is 5.96. The lowest BCUT2D eigenvalue weighted by Gasteiger charge is -2.17. The van der Waals surface area contributed by atoms with Gasteiger partial charge in [0.1, 0.15) is 0 Å². The van der Waals surface area contributed by atoms with Gasteiger partial charge in [-0.15, -0.1) is 0 Å². The van der Waals surface area contributed by atoms with Gasteiger partial charge in [-0.3, -0.25) is 9.59 Å². The Morgan fingerprint density at radius 2 is 2.11 bits per heavy atom. The van der Waals surface area contributed by atoms with Crippen molar-refractivity contribution >= 4 is 17.6 Å². The van der Waals surface area contributed by atoms with Gasteiger partial charge in [-0.2, -0.15) is 0 Å². The maximum Gasteiger partial charge on any atom is 0.306 e. The van der Waals surface area contributed by atoms with Crippen LogP contribution in [-0.4, -0.2) is 25.5 Å². The number of rotatable bonds is 3. The first-order chi connectivity index (χ1) is 8.61. The molecule has 0 bridgehead atoms. The fourth-order valence-corrected chi connectivity index (χ4v) is 2.24. The molecule has 1 heterocycles. The summed E-state index contributed by atoms with van der Waals surface area (Å²) in [6.45, 7) is 2.75. The van der Waals surface area contributed by atoms with Gasteiger partial charge in [0.15, 0.2) is 0 Å². The molecule has 4 nitrogen and oxygen atoms in total. The van der Waals surface area contributed by atoms with Crippen molar-refractivity contribution < 1.29 is 14.3 Å². The van der Waals surface area contributed by atoms with Crippen molar-refractivity contribution in [1.29, 1.82) is 0 Å². The van der Waals surface area contributed by atoms with Gasteiger partial charge in [0.05, 0.1) is 13.5 Å². The standard InChI is InChI=1S/C14H17NO3/c1-10-3-4-12-11(9-10)7-8-15(12)13(16)5-6-14(17)18-2/h3-4,9H,5-8H2,1-2H3. The second-order valence-electron chi connectivity index (χ2n) is 4.50. The van der Waals surface area contributed by atoms with Gasteiger partial charge in [-0.25, -0.2) is 0 Å². The molecule has 0 spiro atoms. The van der Waals surface area contributed by atoms with Crippen molar-refractivity contribution in [3.05, 3.63) is 29.3 Å². The molecule has 1 aromatic carbocycles. The van der Waals surface area contributed by atoms with Gasteiger partial charge < -0.3 is 9.64 Å². The van der Waals surface area contributed by atoms with Crippen LogP contribution in [0.5, 0.6) is 0 Å². The van der Waals surface area contributed by atoms with Crippen molar-refractivity contribution in [2.24, 2.45) is 0 Å². The molecule has 0 saturated carbocycles. The number of carbonyl (C=O) groups is 2. The van der Waals surface area contributed by atoms with Crippen LogP contribution in [0.25, 0.3) is 0 Å². The molecule has 0 radical (unpaired) electrons. The average Bonchev–Trinajstić information content (AvgIpc) is 2.78. The van der Waals surface area contributed by atoms with Crippen LogP contribution < -0.4 is 4.90 Å². The van der Waals surface area contributed by atoms with Crippen LogP contribution in [0.3, 0.4) is 0 Å². The molecule has 0 unspecified atom stereocenters. The van der Waals surface area contributed by atoms with Crippen LogP contribution in [0.1, 0.15) is 24.0 Å². The minimum absolute atomic E-state index is 0.0111. The number of carbonyl (C=O) groups excluding carboxylic acids is 2. The van der Waals surface area contributed by atoms with Crippen LogP contribution in [0.4, 0.5) is 5.69 Å². The maximum absolute atomic E-state index is 12.0. The normalized spacial score (nSPS) is 13.3. The Bertz CT molecular complexity index is 482. The highest BCUT2D eigenvalue weighted by Crippen LogP contribution is 2.29. The number of hydrogen-bond donors (Lipinski definition) is 0. The van der Waals surface area contributed by atoms with E-state index in [0.717, 1.165) is 12.1 Å². The first-order valence-corrected chi connectivity index (χ1v) is 6.08. The lowest BCUT2D eigenvalue weighted by Crippen LogP contribution is -2.29. The molecule has 1 aliphatic heterocycles. The van der Waals surface area contributed by atoms with Gasteiger partial charge in [0, 0.05) is 18.7 Å². The Kier molecular flexibility index (Phi) is 3.65. The van der Waals surface area contributed by atoms with Crippen LogP contribution in [0, 0.1) is 6.92 Å². The monoisotopic (exact) mass is 247 g/mol. The number of methoxy groups -OCH3 is 1. The van der Waals surface area contributed by atoms with Gasteiger partial charge in [0.2, 0.25) is 5.91 Å². The molecule has 4 heteroatoms. The van der Waals surface area contributed by atoms with E-state index in [9.17, 15) is 9.59 Å². The van der Waals surface area contributed by atoms with E-state index < -0.39 is 0 Å². The number of fused-ring (bicyclic) bond motifs is 1. The molecule has 0 aromatic heterocycles. The second kappa shape index (κ2) is 5.21. The third-order valence-electron chi connectivity index (χ3n) is 3.20. The second-order valence-corrected chi connectivity index (χ2v) is 4.50. The lowest BCUT2D eigenvalue weighted by atomic mass is 10.1. The van der Waals surface area contributed by atoms with Gasteiger partial charge in [0.25, 0.3) is 0 Å². The fraction of sp³-hybridized carbons (Fsp3) is 0.429. The molecule has 0 aliphatic carbocycles. The number of aryl methyl sites for hydroxylation is 1. The van der Waals surface area contributed by atoms with Crippen LogP contribution >= 0.6 is 0 Å². The van der Waals surface area contributed by atoms with Crippen molar-refractivity contribution in [3.8, 4) is 0 Å². The van der Waals surface area contributed by atoms with Crippen LogP contribution in [-0.2, 0) is 20.7 Å². The Balaban J connectivity index is 2.04. The summed E-state index contributed by atoms with van der Waals surface area (Å²) in [6.07, 6.45) is 1.24. The molecule has 18 heavy (non-hydrogen) atoms. The van der Waals surface area contributed by atoms with Gasteiger partial charge in [-0.05, 0) is 25.0 Å². The Hall–Kier alpha value is -1.84. The highest BCUT2D eigenvalue weighted by Gasteiger charge is 2.24. The zero-order valence-electron chi connectivity index (χ0n) is 10.7. The summed E-state index contributed by atoms with van der Waals surface area (Å²) < 4.78 is 4.54. The third-order valence-corrected chi connectivity index (χ3v) is 3.20. The van der Waals surface area contributed by atoms with E-state index in [1.54, 1.807) is 4.90 Å². The molecule has 0 fully saturated rings. The predicted octanol–water partition coefficient (Wildman–Crippen LogP) is 1.84. The zero-order valence-corrected chi connectivity index (χ0v) is 10.7. The summed E-state index contributed by atoms with van der Waals surface area (Å²) in [6, 6.07) is 6.10. The lowest BCUT2D eigenvalue weighted by molar-refractivity contribution is -0.141. The highest BCUT2D eigenvalue weighted by atomic mass is 16.5. The number of ether oxygens (including phenoxy) is 1. The zero-order chi connectivity index (χ0) is 13.1. The molecular weight excluding hydrogens is 230 g/mol. The van der Waals surface area contributed by atoms with Crippen LogP contribution in [0.15, 0.2) is 18.2 Å². The fourth-order valence-electron chi connectivity index (χ4n) is 2.24. The third kappa shape index (κ3) is 2.53. The van der Waals surface area contributed by atoms with E-state index in [4.69, 9.17) is 0 Å². The molecular formula is C14H17NO3. The summed E-state index contributed by atoms with van der Waals surface area (Å²) in [5.74, 6) is -0.352. The SMILES string of the molecule is COC(=O)CCC(=O)N1CCc2cc(C)ccc21. The molecule has 1 aliphatic rings. The summed E-state index contributed by atoms with van der Waals surface area (Å²) in [4.78, 5) is 24.8. The van der Waals surface area contributed by atoms with E-state index in [2.05, 4.69) is 10.8 Å². The first-order valence-electron chi connectivity index (χ1n) is 6.08. The predicted molar refractivity (Wildman–Crippen MR) is 68.5 cm³/mol. The maximum atomic E-state index is 12.0. The molecule has 0 atom stereocenters. The molecule has 0 saturated heterocycles. The minimum atomic E-state index is -0.341. The van der Waals surface area contributed by atoms with Gasteiger partial charge in [-0.1, -0.05) is 17.7 Å². The summed E-state index contributed by atoms with van der Waals surface area (Å²) >= 11 is 0. The van der Waals surface area contributed by atoms with E-state index in [0.29, 0.717) is 6.54 Å². The Morgan fingerprint density at radius 1 is 1.33 bits per heavy atom. The van der Waals surface area contributed by atoms with Crippen molar-refractivity contribution in [2.45, 2.75) is 26.2 Å². The Morgan fingerprint density at radius 3 is 2.83 bits per heavy atom. The van der Waals surface area contributed by atoms with Gasteiger partial charge >= 0.3 is 5.97 Å². The van der Waals surface area contributed by atoms with Crippen LogP contribution in [0.2, 0.25) is 0 Å². The minimum Gasteiger partial charge on any atom is -0.469 e. The molecule has 1 amide bonds. The average molecular weight is 247 g/mol. The number of amides is 1.